The predicted molar refractivity (Wildman–Crippen MR) is 75.9 cm³/mol. The van der Waals surface area contributed by atoms with Gasteiger partial charge in [0.2, 0.25) is 5.91 Å². The van der Waals surface area contributed by atoms with Crippen LogP contribution in [0.25, 0.3) is 0 Å². The zero-order valence-electron chi connectivity index (χ0n) is 12.7. The fourth-order valence-electron chi connectivity index (χ4n) is 2.61. The van der Waals surface area contributed by atoms with E-state index in [1.54, 1.807) is 19.0 Å². The molecule has 2 unspecified atom stereocenters. The third-order valence-electron chi connectivity index (χ3n) is 3.85. The number of nitrogens with zero attached hydrogens (tertiary/aromatic N) is 2. The van der Waals surface area contributed by atoms with E-state index >= 15 is 0 Å². The largest absolute Gasteiger partial charge is 0.347 e. The van der Waals surface area contributed by atoms with E-state index in [1.807, 2.05) is 0 Å². The maximum Gasteiger partial charge on any atom is 0.239 e. The van der Waals surface area contributed by atoms with Crippen LogP contribution >= 0.6 is 0 Å². The average molecular weight is 273 g/mol. The number of rotatable bonds is 7. The molecule has 1 amide bonds. The van der Waals surface area contributed by atoms with Crippen LogP contribution in [0.15, 0.2) is 0 Å². The zero-order valence-corrected chi connectivity index (χ0v) is 12.7. The van der Waals surface area contributed by atoms with Crippen LogP contribution < -0.4 is 5.32 Å². The highest BCUT2D eigenvalue weighted by atomic mass is 19.1. The summed E-state index contributed by atoms with van der Waals surface area (Å²) in [5, 5.41) is 3.40. The maximum atomic E-state index is 12.5. The zero-order chi connectivity index (χ0) is 14.4. The van der Waals surface area contributed by atoms with Crippen LogP contribution in [-0.4, -0.2) is 67.7 Å². The van der Waals surface area contributed by atoms with Crippen molar-refractivity contribution in [3.05, 3.63) is 0 Å². The summed E-state index contributed by atoms with van der Waals surface area (Å²) in [6.07, 6.45) is 2.92. The summed E-state index contributed by atoms with van der Waals surface area (Å²) in [7, 11) is 3.58. The van der Waals surface area contributed by atoms with Crippen molar-refractivity contribution in [3.8, 4) is 0 Å². The molecule has 2 atom stereocenters. The fourth-order valence-corrected chi connectivity index (χ4v) is 2.61. The van der Waals surface area contributed by atoms with Gasteiger partial charge in [-0.3, -0.25) is 9.69 Å². The number of hydrogen-bond donors (Lipinski definition) is 1. The van der Waals surface area contributed by atoms with Crippen molar-refractivity contribution < 1.29 is 9.18 Å². The lowest BCUT2D eigenvalue weighted by Gasteiger charge is -2.26. The molecule has 1 N–H and O–H groups in total. The Hall–Kier alpha value is -0.680. The SMILES string of the molecule is CC(C)N(CCF)CCC1CCC(C(=O)N(C)C)N1. The minimum absolute atomic E-state index is 0.0336. The van der Waals surface area contributed by atoms with E-state index in [9.17, 15) is 9.18 Å². The highest BCUT2D eigenvalue weighted by molar-refractivity contribution is 5.81. The second-order valence-electron chi connectivity index (χ2n) is 5.83. The Kier molecular flexibility index (Phi) is 6.72. The number of nitrogens with one attached hydrogen (secondary N) is 1. The molecule has 0 aromatic rings. The molecule has 0 aliphatic carbocycles. The van der Waals surface area contributed by atoms with Gasteiger partial charge in [0, 0.05) is 32.7 Å². The molecule has 1 aliphatic rings. The molecule has 19 heavy (non-hydrogen) atoms. The predicted octanol–water partition coefficient (Wildman–Crippen LogP) is 1.27. The summed E-state index contributed by atoms with van der Waals surface area (Å²) < 4.78 is 12.5. The molecule has 0 saturated carbocycles. The third-order valence-corrected chi connectivity index (χ3v) is 3.85. The first-order valence-corrected chi connectivity index (χ1v) is 7.23. The Balaban J connectivity index is 2.33. The molecule has 0 aromatic carbocycles. The monoisotopic (exact) mass is 273 g/mol. The third kappa shape index (κ3) is 5.07. The normalized spacial score (nSPS) is 23.3. The smallest absolute Gasteiger partial charge is 0.239 e. The van der Waals surface area contributed by atoms with Gasteiger partial charge in [0.15, 0.2) is 0 Å². The molecule has 0 spiro atoms. The molecule has 1 rings (SSSR count). The van der Waals surface area contributed by atoms with Crippen molar-refractivity contribution in [1.82, 2.24) is 15.1 Å². The quantitative estimate of drug-likeness (QED) is 0.758. The van der Waals surface area contributed by atoms with Gasteiger partial charge in [-0.15, -0.1) is 0 Å². The van der Waals surface area contributed by atoms with Crippen LogP contribution in [0, 0.1) is 0 Å². The molecular formula is C14H28FN3O. The molecule has 0 radical (unpaired) electrons. The number of likely N-dealkylation sites (N-methyl/N-ethyl adjacent to an activating group) is 1. The first-order valence-electron chi connectivity index (χ1n) is 7.23. The van der Waals surface area contributed by atoms with Crippen LogP contribution in [0.2, 0.25) is 0 Å². The van der Waals surface area contributed by atoms with Gasteiger partial charge in [-0.05, 0) is 39.7 Å². The van der Waals surface area contributed by atoms with E-state index in [2.05, 4.69) is 24.1 Å². The summed E-state index contributed by atoms with van der Waals surface area (Å²) in [6.45, 7) is 5.29. The van der Waals surface area contributed by atoms with Crippen molar-refractivity contribution >= 4 is 5.91 Å². The van der Waals surface area contributed by atoms with Crippen LogP contribution in [-0.2, 0) is 4.79 Å². The maximum absolute atomic E-state index is 12.5. The summed E-state index contributed by atoms with van der Waals surface area (Å²) in [5.41, 5.74) is 0. The topological polar surface area (TPSA) is 35.6 Å². The van der Waals surface area contributed by atoms with E-state index in [0.717, 1.165) is 25.8 Å². The van der Waals surface area contributed by atoms with Gasteiger partial charge < -0.3 is 10.2 Å². The van der Waals surface area contributed by atoms with Gasteiger partial charge in [-0.1, -0.05) is 0 Å². The molecule has 5 heteroatoms. The van der Waals surface area contributed by atoms with E-state index in [4.69, 9.17) is 0 Å². The number of carbonyl (C=O) groups excluding carboxylic acids is 1. The standard InChI is InChI=1S/C14H28FN3O/c1-11(2)18(10-8-15)9-7-12-5-6-13(16-12)14(19)17(3)4/h11-13,16H,5-10H2,1-4H3. The van der Waals surface area contributed by atoms with Gasteiger partial charge in [0.1, 0.15) is 6.67 Å². The second kappa shape index (κ2) is 7.80. The Labute approximate surface area is 116 Å². The van der Waals surface area contributed by atoms with Gasteiger partial charge in [0.05, 0.1) is 6.04 Å². The molecular weight excluding hydrogens is 245 g/mol. The lowest BCUT2D eigenvalue weighted by atomic mass is 10.1. The first kappa shape index (κ1) is 16.4. The molecule has 0 bridgehead atoms. The highest BCUT2D eigenvalue weighted by Crippen LogP contribution is 2.17. The molecule has 1 aliphatic heterocycles. The molecule has 1 saturated heterocycles. The first-order chi connectivity index (χ1) is 8.95. The molecule has 0 aromatic heterocycles. The molecule has 4 nitrogen and oxygen atoms in total. The van der Waals surface area contributed by atoms with Crippen LogP contribution in [0.5, 0.6) is 0 Å². The Bertz CT molecular complexity index is 284. The Morgan fingerprint density at radius 3 is 2.53 bits per heavy atom. The van der Waals surface area contributed by atoms with Crippen molar-refractivity contribution in [2.75, 3.05) is 33.9 Å². The lowest BCUT2D eigenvalue weighted by Crippen LogP contribution is -2.43. The van der Waals surface area contributed by atoms with E-state index in [-0.39, 0.29) is 18.6 Å². The van der Waals surface area contributed by atoms with E-state index in [1.165, 1.54) is 0 Å². The number of halogens is 1. The van der Waals surface area contributed by atoms with E-state index in [0.29, 0.717) is 18.6 Å². The summed E-state index contributed by atoms with van der Waals surface area (Å²) >= 11 is 0. The molecule has 112 valence electrons. The molecule has 1 fully saturated rings. The number of carbonyl (C=O) groups is 1. The fraction of sp³-hybridized carbons (Fsp3) is 0.929. The summed E-state index contributed by atoms with van der Waals surface area (Å²) in [6, 6.07) is 0.722. The van der Waals surface area contributed by atoms with Crippen LogP contribution in [0.1, 0.15) is 33.1 Å². The van der Waals surface area contributed by atoms with Crippen molar-refractivity contribution in [2.24, 2.45) is 0 Å². The van der Waals surface area contributed by atoms with Crippen molar-refractivity contribution in [3.63, 3.8) is 0 Å². The highest BCUT2D eigenvalue weighted by Gasteiger charge is 2.29. The lowest BCUT2D eigenvalue weighted by molar-refractivity contribution is -0.130. The van der Waals surface area contributed by atoms with Crippen molar-refractivity contribution in [1.29, 1.82) is 0 Å². The number of hydrogen-bond acceptors (Lipinski definition) is 3. The number of alkyl halides is 1. The van der Waals surface area contributed by atoms with Crippen LogP contribution in [0.4, 0.5) is 4.39 Å². The van der Waals surface area contributed by atoms with Gasteiger partial charge in [0.25, 0.3) is 0 Å². The minimum atomic E-state index is -0.294. The minimum Gasteiger partial charge on any atom is -0.347 e. The van der Waals surface area contributed by atoms with Crippen molar-refractivity contribution in [2.45, 2.75) is 51.2 Å². The van der Waals surface area contributed by atoms with Gasteiger partial charge in [-0.25, -0.2) is 4.39 Å². The van der Waals surface area contributed by atoms with Gasteiger partial charge >= 0.3 is 0 Å². The summed E-state index contributed by atoms with van der Waals surface area (Å²) in [5.74, 6) is 0.159. The van der Waals surface area contributed by atoms with Crippen LogP contribution in [0.3, 0.4) is 0 Å². The Morgan fingerprint density at radius 2 is 2.00 bits per heavy atom. The average Bonchev–Trinajstić information content (AvgIpc) is 2.81. The van der Waals surface area contributed by atoms with Gasteiger partial charge in [-0.2, -0.15) is 0 Å². The summed E-state index contributed by atoms with van der Waals surface area (Å²) in [4.78, 5) is 15.6. The second-order valence-corrected chi connectivity index (χ2v) is 5.83. The van der Waals surface area contributed by atoms with E-state index < -0.39 is 0 Å². The number of amides is 1. The molecule has 1 heterocycles. The Morgan fingerprint density at radius 1 is 1.32 bits per heavy atom.